The Hall–Kier alpha value is -2.59. The molecular formula is C18H15ClN2O2. The highest BCUT2D eigenvalue weighted by Crippen LogP contribution is 2.26. The highest BCUT2D eigenvalue weighted by molar-refractivity contribution is 6.31. The van der Waals surface area contributed by atoms with E-state index in [1.807, 2.05) is 31.2 Å². The third-order valence-corrected chi connectivity index (χ3v) is 3.86. The van der Waals surface area contributed by atoms with E-state index < -0.39 is 0 Å². The molecule has 0 saturated heterocycles. The molecule has 2 aromatic carbocycles. The summed E-state index contributed by atoms with van der Waals surface area (Å²) >= 11 is 6.04. The van der Waals surface area contributed by atoms with Crippen LogP contribution in [0, 0.1) is 6.92 Å². The van der Waals surface area contributed by atoms with Crippen molar-refractivity contribution < 1.29 is 9.59 Å². The van der Waals surface area contributed by atoms with Crippen LogP contribution in [-0.4, -0.2) is 16.4 Å². The number of hydrogen-bond donors (Lipinski definition) is 1. The van der Waals surface area contributed by atoms with Crippen LogP contribution < -0.4 is 5.32 Å². The minimum Gasteiger partial charge on any atom is -0.322 e. The number of hydrogen-bond acceptors (Lipinski definition) is 2. The molecule has 23 heavy (non-hydrogen) atoms. The van der Waals surface area contributed by atoms with E-state index in [0.29, 0.717) is 27.2 Å². The lowest BCUT2D eigenvalue weighted by Crippen LogP contribution is -2.12. The summed E-state index contributed by atoms with van der Waals surface area (Å²) < 4.78 is 1.46. The Balaban J connectivity index is 2.06. The SMILES string of the molecule is CC(=O)n1cc(C(=O)Nc2cccc(C)c2)c2cc(Cl)ccc21. The second kappa shape index (κ2) is 5.89. The van der Waals surface area contributed by atoms with Gasteiger partial charge < -0.3 is 5.32 Å². The number of aryl methyl sites for hydroxylation is 1. The van der Waals surface area contributed by atoms with Gasteiger partial charge in [-0.25, -0.2) is 0 Å². The maximum Gasteiger partial charge on any atom is 0.257 e. The van der Waals surface area contributed by atoms with Crippen LogP contribution in [0.4, 0.5) is 5.69 Å². The second-order valence-corrected chi connectivity index (χ2v) is 5.85. The van der Waals surface area contributed by atoms with Crippen molar-refractivity contribution in [3.05, 3.63) is 64.8 Å². The summed E-state index contributed by atoms with van der Waals surface area (Å²) in [5.74, 6) is -0.435. The molecule has 1 heterocycles. The van der Waals surface area contributed by atoms with Crippen LogP contribution in [0.1, 0.15) is 27.6 Å². The first-order chi connectivity index (χ1) is 11.0. The van der Waals surface area contributed by atoms with E-state index in [4.69, 9.17) is 11.6 Å². The summed E-state index contributed by atoms with van der Waals surface area (Å²) in [4.78, 5) is 24.4. The molecule has 0 aliphatic rings. The predicted molar refractivity (Wildman–Crippen MR) is 92.4 cm³/mol. The minimum atomic E-state index is -0.275. The molecule has 0 aliphatic carbocycles. The Morgan fingerprint density at radius 2 is 1.91 bits per heavy atom. The second-order valence-electron chi connectivity index (χ2n) is 5.42. The molecule has 0 radical (unpaired) electrons. The summed E-state index contributed by atoms with van der Waals surface area (Å²) in [5.41, 5.74) is 2.84. The van der Waals surface area contributed by atoms with Gasteiger partial charge in [-0.05, 0) is 42.8 Å². The number of benzene rings is 2. The van der Waals surface area contributed by atoms with Gasteiger partial charge in [0.25, 0.3) is 5.91 Å². The molecule has 3 rings (SSSR count). The van der Waals surface area contributed by atoms with Crippen LogP contribution in [0.25, 0.3) is 10.9 Å². The van der Waals surface area contributed by atoms with E-state index in [-0.39, 0.29) is 11.8 Å². The number of anilines is 1. The van der Waals surface area contributed by atoms with Crippen LogP contribution in [0.15, 0.2) is 48.7 Å². The number of fused-ring (bicyclic) bond motifs is 1. The van der Waals surface area contributed by atoms with Crippen LogP contribution in [0.5, 0.6) is 0 Å². The number of aromatic nitrogens is 1. The van der Waals surface area contributed by atoms with Gasteiger partial charge in [0.1, 0.15) is 0 Å². The zero-order valence-corrected chi connectivity index (χ0v) is 13.5. The monoisotopic (exact) mass is 326 g/mol. The fourth-order valence-electron chi connectivity index (χ4n) is 2.56. The lowest BCUT2D eigenvalue weighted by atomic mass is 10.1. The summed E-state index contributed by atoms with van der Waals surface area (Å²) in [6.45, 7) is 3.41. The van der Waals surface area contributed by atoms with Gasteiger partial charge in [-0.1, -0.05) is 23.7 Å². The Morgan fingerprint density at radius 1 is 1.13 bits per heavy atom. The lowest BCUT2D eigenvalue weighted by molar-refractivity contribution is 0.0941. The van der Waals surface area contributed by atoms with Crippen molar-refractivity contribution in [1.82, 2.24) is 4.57 Å². The first-order valence-corrected chi connectivity index (χ1v) is 7.53. The number of nitrogens with one attached hydrogen (secondary N) is 1. The summed E-state index contributed by atoms with van der Waals surface area (Å²) in [7, 11) is 0. The molecule has 1 aromatic heterocycles. The zero-order chi connectivity index (χ0) is 16.6. The third-order valence-electron chi connectivity index (χ3n) is 3.63. The first kappa shape index (κ1) is 15.3. The van der Waals surface area contributed by atoms with Gasteiger partial charge in [0, 0.05) is 29.2 Å². The highest BCUT2D eigenvalue weighted by Gasteiger charge is 2.17. The normalized spacial score (nSPS) is 10.7. The number of amides is 1. The molecule has 0 spiro atoms. The van der Waals surface area contributed by atoms with Gasteiger partial charge in [-0.15, -0.1) is 0 Å². The number of rotatable bonds is 2. The van der Waals surface area contributed by atoms with Crippen molar-refractivity contribution in [2.24, 2.45) is 0 Å². The van der Waals surface area contributed by atoms with Crippen LogP contribution in [-0.2, 0) is 0 Å². The molecular weight excluding hydrogens is 312 g/mol. The molecule has 4 nitrogen and oxygen atoms in total. The number of carbonyl (C=O) groups excluding carboxylic acids is 2. The lowest BCUT2D eigenvalue weighted by Gasteiger charge is -2.05. The van der Waals surface area contributed by atoms with Crippen molar-refractivity contribution in [1.29, 1.82) is 0 Å². The average Bonchev–Trinajstić information content (AvgIpc) is 2.86. The quantitative estimate of drug-likeness (QED) is 0.753. The molecule has 0 atom stereocenters. The molecule has 0 bridgehead atoms. The fourth-order valence-corrected chi connectivity index (χ4v) is 2.74. The fraction of sp³-hybridized carbons (Fsp3) is 0.111. The average molecular weight is 327 g/mol. The number of carbonyl (C=O) groups is 2. The molecule has 3 aromatic rings. The Bertz CT molecular complexity index is 928. The Morgan fingerprint density at radius 3 is 2.61 bits per heavy atom. The van der Waals surface area contributed by atoms with Crippen molar-refractivity contribution in [2.45, 2.75) is 13.8 Å². The van der Waals surface area contributed by atoms with E-state index in [2.05, 4.69) is 5.32 Å². The topological polar surface area (TPSA) is 51.1 Å². The molecule has 0 aliphatic heterocycles. The van der Waals surface area contributed by atoms with Gasteiger partial charge in [0.05, 0.1) is 11.1 Å². The molecule has 0 fully saturated rings. The summed E-state index contributed by atoms with van der Waals surface area (Å²) in [6.07, 6.45) is 1.55. The zero-order valence-electron chi connectivity index (χ0n) is 12.8. The Kier molecular flexibility index (Phi) is 3.92. The van der Waals surface area contributed by atoms with Crippen LogP contribution >= 0.6 is 11.6 Å². The molecule has 116 valence electrons. The molecule has 0 unspecified atom stereocenters. The predicted octanol–water partition coefficient (Wildman–Crippen LogP) is 4.52. The number of nitrogens with zero attached hydrogens (tertiary/aromatic N) is 1. The standard InChI is InChI=1S/C18H15ClN2O2/c1-11-4-3-5-14(8-11)20-18(23)16-10-21(12(2)22)17-7-6-13(19)9-15(16)17/h3-10H,1-2H3,(H,20,23). The minimum absolute atomic E-state index is 0.160. The maximum atomic E-state index is 12.6. The van der Waals surface area contributed by atoms with Crippen molar-refractivity contribution >= 4 is 40.0 Å². The van der Waals surface area contributed by atoms with Gasteiger partial charge in [0.2, 0.25) is 5.91 Å². The summed E-state index contributed by atoms with van der Waals surface area (Å²) in [5, 5.41) is 4.02. The van der Waals surface area contributed by atoms with Gasteiger partial charge in [-0.2, -0.15) is 0 Å². The third kappa shape index (κ3) is 2.98. The van der Waals surface area contributed by atoms with E-state index in [1.54, 1.807) is 24.4 Å². The van der Waals surface area contributed by atoms with Crippen molar-refractivity contribution in [3.63, 3.8) is 0 Å². The van der Waals surface area contributed by atoms with Crippen LogP contribution in [0.3, 0.4) is 0 Å². The highest BCUT2D eigenvalue weighted by atomic mass is 35.5. The van der Waals surface area contributed by atoms with Crippen molar-refractivity contribution in [2.75, 3.05) is 5.32 Å². The molecule has 1 amide bonds. The van der Waals surface area contributed by atoms with Gasteiger partial charge >= 0.3 is 0 Å². The van der Waals surface area contributed by atoms with E-state index in [1.165, 1.54) is 11.5 Å². The molecule has 5 heteroatoms. The number of halogens is 1. The van der Waals surface area contributed by atoms with E-state index >= 15 is 0 Å². The van der Waals surface area contributed by atoms with E-state index in [0.717, 1.165) is 5.56 Å². The van der Waals surface area contributed by atoms with E-state index in [9.17, 15) is 9.59 Å². The maximum absolute atomic E-state index is 12.6. The molecule has 0 saturated carbocycles. The molecule has 1 N–H and O–H groups in total. The largest absolute Gasteiger partial charge is 0.322 e. The smallest absolute Gasteiger partial charge is 0.257 e. The summed E-state index contributed by atoms with van der Waals surface area (Å²) in [6, 6.07) is 12.7. The van der Waals surface area contributed by atoms with Crippen molar-refractivity contribution in [3.8, 4) is 0 Å². The van der Waals surface area contributed by atoms with Crippen LogP contribution in [0.2, 0.25) is 5.02 Å². The van der Waals surface area contributed by atoms with Gasteiger partial charge in [0.15, 0.2) is 0 Å². The van der Waals surface area contributed by atoms with Gasteiger partial charge in [-0.3, -0.25) is 14.2 Å². The first-order valence-electron chi connectivity index (χ1n) is 7.15. The Labute approximate surface area is 138 Å².